The average molecular weight is 427 g/mol. The van der Waals surface area contributed by atoms with Gasteiger partial charge < -0.3 is 24.2 Å². The van der Waals surface area contributed by atoms with Crippen LogP contribution in [0.15, 0.2) is 48.0 Å². The average Bonchev–Trinajstić information content (AvgIpc) is 3.04. The largest absolute Gasteiger partial charge is 0.507 e. The highest BCUT2D eigenvalue weighted by atomic mass is 19.1. The molecule has 0 aromatic heterocycles. The number of hydrogen-bond acceptors (Lipinski definition) is 6. The maximum atomic E-state index is 13.5. The van der Waals surface area contributed by atoms with Gasteiger partial charge in [0.25, 0.3) is 11.7 Å². The van der Waals surface area contributed by atoms with E-state index in [-0.39, 0.29) is 17.9 Å². The van der Waals surface area contributed by atoms with Crippen LogP contribution < -0.4 is 9.47 Å². The lowest BCUT2D eigenvalue weighted by Crippen LogP contribution is -2.31. The number of aliphatic hydroxyl groups is 1. The Balaban J connectivity index is 1.79. The van der Waals surface area contributed by atoms with E-state index in [4.69, 9.17) is 14.2 Å². The Labute approximate surface area is 178 Å². The Kier molecular flexibility index (Phi) is 5.90. The second kappa shape index (κ2) is 8.77. The van der Waals surface area contributed by atoms with Crippen LogP contribution in [-0.2, 0) is 14.3 Å². The van der Waals surface area contributed by atoms with Crippen molar-refractivity contribution >= 4 is 17.4 Å². The molecule has 2 aliphatic rings. The number of carbonyl (C=O) groups is 2. The van der Waals surface area contributed by atoms with Crippen molar-refractivity contribution in [3.8, 4) is 11.5 Å². The smallest absolute Gasteiger partial charge is 0.295 e. The van der Waals surface area contributed by atoms with Gasteiger partial charge in [0, 0.05) is 25.8 Å². The third kappa shape index (κ3) is 3.98. The number of ketones is 1. The van der Waals surface area contributed by atoms with E-state index in [9.17, 15) is 19.1 Å². The van der Waals surface area contributed by atoms with Gasteiger partial charge in [-0.05, 0) is 42.3 Å². The van der Waals surface area contributed by atoms with E-state index in [2.05, 4.69) is 0 Å². The highest BCUT2D eigenvalue weighted by molar-refractivity contribution is 6.46. The summed E-state index contributed by atoms with van der Waals surface area (Å²) in [7, 11) is 1.55. The van der Waals surface area contributed by atoms with Crippen molar-refractivity contribution in [2.24, 2.45) is 0 Å². The molecule has 2 aromatic carbocycles. The standard InChI is InChI=1S/C23H22FNO6/c1-29-10-2-9-25-20(14-3-6-16(24)7-4-14)19(22(27)23(25)28)21(26)15-5-8-17-18(13-15)31-12-11-30-17/h3-8,13,20,26H,2,9-12H2,1H3/b21-19+. The number of carbonyl (C=O) groups excluding carboxylic acids is 2. The van der Waals surface area contributed by atoms with Crippen LogP contribution in [0.25, 0.3) is 5.76 Å². The summed E-state index contributed by atoms with van der Waals surface area (Å²) in [5, 5.41) is 11.1. The van der Waals surface area contributed by atoms with Gasteiger partial charge in [-0.15, -0.1) is 0 Å². The van der Waals surface area contributed by atoms with Crippen molar-refractivity contribution < 1.29 is 33.3 Å². The molecule has 1 atom stereocenters. The van der Waals surface area contributed by atoms with Gasteiger partial charge in [-0.2, -0.15) is 0 Å². The number of methoxy groups -OCH3 is 1. The Morgan fingerprint density at radius 2 is 1.84 bits per heavy atom. The van der Waals surface area contributed by atoms with E-state index >= 15 is 0 Å². The molecule has 1 unspecified atom stereocenters. The maximum Gasteiger partial charge on any atom is 0.295 e. The number of hydrogen-bond donors (Lipinski definition) is 1. The van der Waals surface area contributed by atoms with Crippen LogP contribution in [0.2, 0.25) is 0 Å². The van der Waals surface area contributed by atoms with E-state index in [1.807, 2.05) is 0 Å². The highest BCUT2D eigenvalue weighted by Gasteiger charge is 2.45. The van der Waals surface area contributed by atoms with Crippen molar-refractivity contribution in [2.75, 3.05) is 33.5 Å². The van der Waals surface area contributed by atoms with Crippen molar-refractivity contribution in [3.63, 3.8) is 0 Å². The van der Waals surface area contributed by atoms with E-state index in [1.165, 1.54) is 29.2 Å². The molecule has 0 saturated carbocycles. The van der Waals surface area contributed by atoms with Gasteiger partial charge >= 0.3 is 0 Å². The molecule has 2 heterocycles. The molecule has 162 valence electrons. The van der Waals surface area contributed by atoms with Gasteiger partial charge in [0.2, 0.25) is 0 Å². The molecule has 2 aliphatic heterocycles. The van der Waals surface area contributed by atoms with Gasteiger partial charge in [-0.1, -0.05) is 12.1 Å². The molecule has 1 saturated heterocycles. The third-order valence-electron chi connectivity index (χ3n) is 5.29. The molecule has 1 fully saturated rings. The number of rotatable bonds is 6. The van der Waals surface area contributed by atoms with Crippen molar-refractivity contribution in [3.05, 3.63) is 65.0 Å². The van der Waals surface area contributed by atoms with E-state index in [0.717, 1.165) is 0 Å². The van der Waals surface area contributed by atoms with Gasteiger partial charge in [0.05, 0.1) is 11.6 Å². The fourth-order valence-electron chi connectivity index (χ4n) is 3.83. The first-order chi connectivity index (χ1) is 15.0. The van der Waals surface area contributed by atoms with Crippen LogP contribution >= 0.6 is 0 Å². The summed E-state index contributed by atoms with van der Waals surface area (Å²) < 4.78 is 29.6. The predicted molar refractivity (Wildman–Crippen MR) is 109 cm³/mol. The Bertz CT molecular complexity index is 1030. The van der Waals surface area contributed by atoms with Crippen LogP contribution in [0.1, 0.15) is 23.6 Å². The fourth-order valence-corrected chi connectivity index (χ4v) is 3.83. The van der Waals surface area contributed by atoms with Crippen LogP contribution in [0.3, 0.4) is 0 Å². The number of amides is 1. The number of fused-ring (bicyclic) bond motifs is 1. The predicted octanol–water partition coefficient (Wildman–Crippen LogP) is 3.06. The van der Waals surface area contributed by atoms with Crippen molar-refractivity contribution in [1.29, 1.82) is 0 Å². The summed E-state index contributed by atoms with van der Waals surface area (Å²) in [6, 6.07) is 9.51. The zero-order valence-electron chi connectivity index (χ0n) is 17.0. The quantitative estimate of drug-likeness (QED) is 0.330. The summed E-state index contributed by atoms with van der Waals surface area (Å²) >= 11 is 0. The summed E-state index contributed by atoms with van der Waals surface area (Å²) in [4.78, 5) is 27.1. The molecule has 0 spiro atoms. The molecule has 2 aromatic rings. The maximum absolute atomic E-state index is 13.5. The number of benzene rings is 2. The van der Waals surface area contributed by atoms with Gasteiger partial charge in [0.1, 0.15) is 24.8 Å². The number of aliphatic hydroxyl groups excluding tert-OH is 1. The zero-order valence-corrected chi connectivity index (χ0v) is 17.0. The molecule has 0 radical (unpaired) electrons. The van der Waals surface area contributed by atoms with Crippen molar-refractivity contribution in [1.82, 2.24) is 4.90 Å². The van der Waals surface area contributed by atoms with Crippen LogP contribution in [-0.4, -0.2) is 55.2 Å². The Morgan fingerprint density at radius 3 is 2.55 bits per heavy atom. The molecular weight excluding hydrogens is 405 g/mol. The van der Waals surface area contributed by atoms with Crippen LogP contribution in [0, 0.1) is 5.82 Å². The molecule has 1 N–H and O–H groups in total. The molecule has 7 nitrogen and oxygen atoms in total. The Morgan fingerprint density at radius 1 is 1.13 bits per heavy atom. The first kappa shape index (κ1) is 20.9. The van der Waals surface area contributed by atoms with E-state index in [1.54, 1.807) is 25.3 Å². The fraction of sp³-hybridized carbons (Fsp3) is 0.304. The minimum atomic E-state index is -0.842. The lowest BCUT2D eigenvalue weighted by atomic mass is 9.95. The normalized spacial score (nSPS) is 19.7. The van der Waals surface area contributed by atoms with Crippen LogP contribution in [0.4, 0.5) is 4.39 Å². The Hall–Kier alpha value is -3.39. The molecular formula is C23H22FNO6. The number of nitrogens with zero attached hydrogens (tertiary/aromatic N) is 1. The molecule has 8 heteroatoms. The first-order valence-corrected chi connectivity index (χ1v) is 9.94. The number of Topliss-reactive ketones (excluding diaryl/α,β-unsaturated/α-hetero) is 1. The molecule has 0 aliphatic carbocycles. The van der Waals surface area contributed by atoms with Gasteiger partial charge in [0.15, 0.2) is 11.5 Å². The third-order valence-corrected chi connectivity index (χ3v) is 5.29. The number of likely N-dealkylation sites (tertiary alicyclic amines) is 1. The summed E-state index contributed by atoms with van der Waals surface area (Å²) in [6.45, 7) is 1.45. The van der Waals surface area contributed by atoms with Gasteiger partial charge in [-0.25, -0.2) is 4.39 Å². The van der Waals surface area contributed by atoms with Crippen molar-refractivity contribution in [2.45, 2.75) is 12.5 Å². The van der Waals surface area contributed by atoms with E-state index in [0.29, 0.717) is 48.9 Å². The van der Waals surface area contributed by atoms with Gasteiger partial charge in [-0.3, -0.25) is 9.59 Å². The lowest BCUT2D eigenvalue weighted by molar-refractivity contribution is -0.140. The summed E-state index contributed by atoms with van der Waals surface area (Å²) in [5.41, 5.74) is 0.800. The number of ether oxygens (including phenoxy) is 3. The SMILES string of the molecule is COCCCN1C(=O)C(=O)/C(=C(/O)c2ccc3c(c2)OCCO3)C1c1ccc(F)cc1. The zero-order chi connectivity index (χ0) is 22.0. The van der Waals surface area contributed by atoms with E-state index < -0.39 is 23.5 Å². The lowest BCUT2D eigenvalue weighted by Gasteiger charge is -2.25. The number of halogens is 1. The topological polar surface area (TPSA) is 85.3 Å². The van der Waals surface area contributed by atoms with Crippen LogP contribution in [0.5, 0.6) is 11.5 Å². The minimum Gasteiger partial charge on any atom is -0.507 e. The molecule has 4 rings (SSSR count). The second-order valence-electron chi connectivity index (χ2n) is 7.25. The monoisotopic (exact) mass is 427 g/mol. The minimum absolute atomic E-state index is 0.0503. The second-order valence-corrected chi connectivity index (χ2v) is 7.25. The summed E-state index contributed by atoms with van der Waals surface area (Å²) in [6.07, 6.45) is 0.505. The first-order valence-electron chi connectivity index (χ1n) is 9.94. The highest BCUT2D eigenvalue weighted by Crippen LogP contribution is 2.41. The summed E-state index contributed by atoms with van der Waals surface area (Å²) in [5.74, 6) is -1.28. The molecule has 31 heavy (non-hydrogen) atoms. The molecule has 1 amide bonds. The molecule has 0 bridgehead atoms.